The maximum absolute atomic E-state index is 10.0. The van der Waals surface area contributed by atoms with Crippen molar-refractivity contribution in [2.45, 2.75) is 50.7 Å². The van der Waals surface area contributed by atoms with Crippen molar-refractivity contribution >= 4 is 0 Å². The lowest BCUT2D eigenvalue weighted by Gasteiger charge is -2.40. The highest BCUT2D eigenvalue weighted by molar-refractivity contribution is 4.90. The molecule has 3 nitrogen and oxygen atoms in total. The molecule has 1 N–H and O–H groups in total. The molecule has 0 bridgehead atoms. The molecule has 0 aromatic carbocycles. The van der Waals surface area contributed by atoms with Crippen LogP contribution in [0.25, 0.3) is 0 Å². The number of ether oxygens (including phenoxy) is 1. The molecule has 0 aromatic heterocycles. The summed E-state index contributed by atoms with van der Waals surface area (Å²) in [4.78, 5) is 2.55. The second-order valence-corrected chi connectivity index (χ2v) is 5.25. The maximum Gasteiger partial charge on any atom is 0.0589 e. The Hall–Kier alpha value is -0.120. The Morgan fingerprint density at radius 1 is 1.19 bits per heavy atom. The highest BCUT2D eigenvalue weighted by atomic mass is 16.5. The minimum atomic E-state index is -0.0480. The molecular weight excluding hydrogens is 202 g/mol. The van der Waals surface area contributed by atoms with Crippen LogP contribution in [0.2, 0.25) is 0 Å². The van der Waals surface area contributed by atoms with E-state index in [1.54, 1.807) is 7.11 Å². The molecule has 94 valence electrons. The van der Waals surface area contributed by atoms with Gasteiger partial charge in [-0.25, -0.2) is 0 Å². The summed E-state index contributed by atoms with van der Waals surface area (Å²) in [5, 5.41) is 10.0. The second kappa shape index (κ2) is 5.99. The first kappa shape index (κ1) is 12.3. The van der Waals surface area contributed by atoms with Crippen molar-refractivity contribution in [1.29, 1.82) is 0 Å². The van der Waals surface area contributed by atoms with Gasteiger partial charge in [-0.3, -0.25) is 4.90 Å². The van der Waals surface area contributed by atoms with Crippen molar-refractivity contribution in [3.63, 3.8) is 0 Å². The first-order valence-electron chi connectivity index (χ1n) is 6.74. The topological polar surface area (TPSA) is 32.7 Å². The minimum absolute atomic E-state index is 0.0480. The number of nitrogens with zero attached hydrogens (tertiary/aromatic N) is 1. The highest BCUT2D eigenvalue weighted by Gasteiger charge is 2.36. The van der Waals surface area contributed by atoms with Crippen LogP contribution in [0.4, 0.5) is 0 Å². The molecule has 0 radical (unpaired) electrons. The van der Waals surface area contributed by atoms with Crippen molar-refractivity contribution in [1.82, 2.24) is 4.90 Å². The minimum Gasteiger partial charge on any atom is -0.393 e. The average Bonchev–Trinajstić information content (AvgIpc) is 2.73. The van der Waals surface area contributed by atoms with Crippen LogP contribution < -0.4 is 0 Å². The van der Waals surface area contributed by atoms with E-state index in [9.17, 15) is 5.11 Å². The molecule has 1 aliphatic heterocycles. The molecule has 2 aliphatic rings. The summed E-state index contributed by atoms with van der Waals surface area (Å²) in [7, 11) is 1.77. The van der Waals surface area contributed by atoms with Crippen molar-refractivity contribution in [2.24, 2.45) is 5.92 Å². The van der Waals surface area contributed by atoms with Crippen LogP contribution in [-0.4, -0.2) is 49.0 Å². The number of rotatable bonds is 4. The van der Waals surface area contributed by atoms with Gasteiger partial charge in [-0.05, 0) is 32.2 Å². The van der Waals surface area contributed by atoms with Gasteiger partial charge in [-0.2, -0.15) is 0 Å². The Bertz CT molecular complexity index is 210. The lowest BCUT2D eigenvalue weighted by Crippen LogP contribution is -2.47. The summed E-state index contributed by atoms with van der Waals surface area (Å²) in [5.41, 5.74) is 0. The standard InChI is InChI=1S/C13H25NO2/c1-16-10-9-14-8-3-2-6-12(14)11-5-4-7-13(11)15/h11-13,15H,2-10H2,1H3. The summed E-state index contributed by atoms with van der Waals surface area (Å²) < 4.78 is 5.18. The number of hydrogen-bond acceptors (Lipinski definition) is 3. The monoisotopic (exact) mass is 227 g/mol. The molecule has 1 saturated heterocycles. The zero-order valence-corrected chi connectivity index (χ0v) is 10.4. The molecule has 0 spiro atoms. The quantitative estimate of drug-likeness (QED) is 0.792. The van der Waals surface area contributed by atoms with E-state index in [-0.39, 0.29) is 6.10 Å². The molecule has 0 amide bonds. The molecule has 3 atom stereocenters. The Balaban J connectivity index is 1.92. The molecule has 2 fully saturated rings. The fraction of sp³-hybridized carbons (Fsp3) is 1.00. The molecule has 1 heterocycles. The molecular formula is C13H25NO2. The van der Waals surface area contributed by atoms with E-state index < -0.39 is 0 Å². The Labute approximate surface area is 98.8 Å². The predicted octanol–water partition coefficient (Wildman–Crippen LogP) is 1.65. The lowest BCUT2D eigenvalue weighted by molar-refractivity contribution is 0.0226. The summed E-state index contributed by atoms with van der Waals surface area (Å²) in [6.07, 6.45) is 7.30. The van der Waals surface area contributed by atoms with Gasteiger partial charge in [0, 0.05) is 25.6 Å². The van der Waals surface area contributed by atoms with Crippen LogP contribution in [0, 0.1) is 5.92 Å². The molecule has 1 aliphatic carbocycles. The van der Waals surface area contributed by atoms with Gasteiger partial charge in [0.25, 0.3) is 0 Å². The predicted molar refractivity (Wildman–Crippen MR) is 64.4 cm³/mol. The molecule has 0 aromatic rings. The number of aliphatic hydroxyl groups is 1. The Morgan fingerprint density at radius 3 is 2.75 bits per heavy atom. The molecule has 16 heavy (non-hydrogen) atoms. The normalized spacial score (nSPS) is 36.8. The van der Waals surface area contributed by atoms with Gasteiger partial charge in [0.1, 0.15) is 0 Å². The lowest BCUT2D eigenvalue weighted by atomic mass is 9.88. The summed E-state index contributed by atoms with van der Waals surface area (Å²) in [6.45, 7) is 3.04. The zero-order chi connectivity index (χ0) is 11.4. The Kier molecular flexibility index (Phi) is 4.62. The average molecular weight is 227 g/mol. The van der Waals surface area contributed by atoms with Gasteiger partial charge in [0.05, 0.1) is 12.7 Å². The molecule has 3 unspecified atom stereocenters. The number of likely N-dealkylation sites (tertiary alicyclic amines) is 1. The van der Waals surface area contributed by atoms with E-state index in [0.717, 1.165) is 19.6 Å². The zero-order valence-electron chi connectivity index (χ0n) is 10.4. The van der Waals surface area contributed by atoms with Gasteiger partial charge < -0.3 is 9.84 Å². The van der Waals surface area contributed by atoms with E-state index in [1.807, 2.05) is 0 Å². The fourth-order valence-electron chi connectivity index (χ4n) is 3.41. The molecule has 2 rings (SSSR count). The van der Waals surface area contributed by atoms with E-state index in [2.05, 4.69) is 4.90 Å². The number of hydrogen-bond donors (Lipinski definition) is 1. The van der Waals surface area contributed by atoms with E-state index >= 15 is 0 Å². The first-order chi connectivity index (χ1) is 7.83. The SMILES string of the molecule is COCCN1CCCCC1C1CCCC1O. The molecule has 1 saturated carbocycles. The van der Waals surface area contributed by atoms with E-state index in [4.69, 9.17) is 4.74 Å². The van der Waals surface area contributed by atoms with Gasteiger partial charge in [0.2, 0.25) is 0 Å². The number of methoxy groups -OCH3 is 1. The Morgan fingerprint density at radius 2 is 2.06 bits per heavy atom. The van der Waals surface area contributed by atoms with E-state index in [0.29, 0.717) is 12.0 Å². The van der Waals surface area contributed by atoms with Crippen LogP contribution in [0.5, 0.6) is 0 Å². The third-order valence-corrected chi connectivity index (χ3v) is 4.27. The third kappa shape index (κ3) is 2.76. The van der Waals surface area contributed by atoms with Crippen molar-refractivity contribution in [2.75, 3.05) is 26.8 Å². The highest BCUT2D eigenvalue weighted by Crippen LogP contribution is 2.34. The van der Waals surface area contributed by atoms with Crippen LogP contribution in [0.15, 0.2) is 0 Å². The second-order valence-electron chi connectivity index (χ2n) is 5.25. The van der Waals surface area contributed by atoms with Crippen LogP contribution in [0.1, 0.15) is 38.5 Å². The van der Waals surface area contributed by atoms with Gasteiger partial charge in [-0.1, -0.05) is 12.8 Å². The van der Waals surface area contributed by atoms with Gasteiger partial charge in [-0.15, -0.1) is 0 Å². The van der Waals surface area contributed by atoms with Crippen molar-refractivity contribution in [3.05, 3.63) is 0 Å². The number of aliphatic hydroxyl groups excluding tert-OH is 1. The first-order valence-corrected chi connectivity index (χ1v) is 6.74. The third-order valence-electron chi connectivity index (χ3n) is 4.27. The van der Waals surface area contributed by atoms with Crippen LogP contribution in [0.3, 0.4) is 0 Å². The number of piperidine rings is 1. The van der Waals surface area contributed by atoms with Gasteiger partial charge >= 0.3 is 0 Å². The van der Waals surface area contributed by atoms with Crippen LogP contribution in [-0.2, 0) is 4.74 Å². The fourth-order valence-corrected chi connectivity index (χ4v) is 3.41. The van der Waals surface area contributed by atoms with Crippen molar-refractivity contribution < 1.29 is 9.84 Å². The molecule has 3 heteroatoms. The van der Waals surface area contributed by atoms with E-state index in [1.165, 1.54) is 38.6 Å². The smallest absolute Gasteiger partial charge is 0.0589 e. The summed E-state index contributed by atoms with van der Waals surface area (Å²) >= 11 is 0. The largest absolute Gasteiger partial charge is 0.393 e. The van der Waals surface area contributed by atoms with Gasteiger partial charge in [0.15, 0.2) is 0 Å². The summed E-state index contributed by atoms with van der Waals surface area (Å²) in [6, 6.07) is 0.612. The maximum atomic E-state index is 10.0. The van der Waals surface area contributed by atoms with Crippen molar-refractivity contribution in [3.8, 4) is 0 Å². The van der Waals surface area contributed by atoms with Crippen LogP contribution >= 0.6 is 0 Å². The summed E-state index contributed by atoms with van der Waals surface area (Å²) in [5.74, 6) is 0.525.